The quantitative estimate of drug-likeness (QED) is 0.773. The van der Waals surface area contributed by atoms with E-state index in [1.54, 1.807) is 24.1 Å². The van der Waals surface area contributed by atoms with Crippen LogP contribution in [-0.4, -0.2) is 44.1 Å². The van der Waals surface area contributed by atoms with Gasteiger partial charge in [-0.1, -0.05) is 0 Å². The van der Waals surface area contributed by atoms with E-state index >= 15 is 0 Å². The highest BCUT2D eigenvalue weighted by Gasteiger charge is 2.27. The number of pyridine rings is 1. The molecule has 10 heteroatoms. The van der Waals surface area contributed by atoms with Crippen LogP contribution in [0.25, 0.3) is 11.0 Å². The Balaban J connectivity index is 0.00000182. The van der Waals surface area contributed by atoms with Gasteiger partial charge in [-0.15, -0.1) is 24.8 Å². The third-order valence-electron chi connectivity index (χ3n) is 5.01. The summed E-state index contributed by atoms with van der Waals surface area (Å²) in [6.45, 7) is 3.22. The van der Waals surface area contributed by atoms with Crippen LogP contribution in [-0.2, 0) is 14.1 Å². The smallest absolute Gasteiger partial charge is 0.332 e. The molecule has 0 aliphatic carbocycles. The average molecular weight is 418 g/mol. The Morgan fingerprint density at radius 2 is 1.89 bits per heavy atom. The zero-order valence-electron chi connectivity index (χ0n) is 15.5. The van der Waals surface area contributed by atoms with Crippen molar-refractivity contribution in [2.24, 2.45) is 25.7 Å². The van der Waals surface area contributed by atoms with Crippen LogP contribution in [0.15, 0.2) is 21.7 Å². The van der Waals surface area contributed by atoms with Gasteiger partial charge >= 0.3 is 5.69 Å². The van der Waals surface area contributed by atoms with Crippen LogP contribution in [0.2, 0.25) is 0 Å². The van der Waals surface area contributed by atoms with Gasteiger partial charge in [0.05, 0.1) is 5.39 Å². The molecule has 2 aromatic rings. The first-order valence-electron chi connectivity index (χ1n) is 8.43. The number of nitrogens with zero attached hydrogens (tertiary/aromatic N) is 4. The molecule has 0 bridgehead atoms. The number of rotatable bonds is 2. The molecule has 150 valence electrons. The Bertz CT molecular complexity index is 954. The van der Waals surface area contributed by atoms with Crippen LogP contribution in [0.4, 0.5) is 0 Å². The molecule has 2 atom stereocenters. The number of carbonyl (C=O) groups is 1. The third kappa shape index (κ3) is 4.17. The Labute approximate surface area is 169 Å². The summed E-state index contributed by atoms with van der Waals surface area (Å²) in [5.41, 5.74) is 5.56. The number of hydrogen-bond donors (Lipinski definition) is 1. The lowest BCUT2D eigenvalue weighted by molar-refractivity contribution is 0.0655. The largest absolute Gasteiger partial charge is 0.337 e. The fourth-order valence-electron chi connectivity index (χ4n) is 3.36. The van der Waals surface area contributed by atoms with Crippen molar-refractivity contribution in [3.05, 3.63) is 38.7 Å². The highest BCUT2D eigenvalue weighted by atomic mass is 35.5. The summed E-state index contributed by atoms with van der Waals surface area (Å²) in [4.78, 5) is 43.2. The molecule has 3 rings (SSSR count). The van der Waals surface area contributed by atoms with Crippen LogP contribution in [0.3, 0.4) is 0 Å². The number of aryl methyl sites for hydroxylation is 1. The second-order valence-electron chi connectivity index (χ2n) is 6.79. The molecule has 1 amide bonds. The van der Waals surface area contributed by atoms with E-state index in [9.17, 15) is 14.4 Å². The van der Waals surface area contributed by atoms with E-state index in [1.807, 2.05) is 6.92 Å². The molecule has 1 aliphatic heterocycles. The molecule has 2 aromatic heterocycles. The van der Waals surface area contributed by atoms with Crippen molar-refractivity contribution in [2.75, 3.05) is 13.1 Å². The molecule has 0 radical (unpaired) electrons. The lowest BCUT2D eigenvalue weighted by Crippen LogP contribution is -2.45. The zero-order chi connectivity index (χ0) is 18.3. The second kappa shape index (κ2) is 8.86. The minimum atomic E-state index is -0.468. The van der Waals surface area contributed by atoms with Crippen LogP contribution in [0.5, 0.6) is 0 Å². The lowest BCUT2D eigenvalue weighted by atomic mass is 9.92. The number of likely N-dealkylation sites (tertiary alicyclic amines) is 1. The van der Waals surface area contributed by atoms with Crippen LogP contribution in [0, 0.1) is 5.92 Å². The molecule has 1 aliphatic rings. The summed E-state index contributed by atoms with van der Waals surface area (Å²) in [6, 6.07) is 3.14. The summed E-state index contributed by atoms with van der Waals surface area (Å²) in [5, 5.41) is 0.313. The first-order chi connectivity index (χ1) is 11.8. The van der Waals surface area contributed by atoms with Gasteiger partial charge in [0.25, 0.3) is 11.5 Å². The van der Waals surface area contributed by atoms with Gasteiger partial charge in [-0.3, -0.25) is 18.7 Å². The number of carbonyl (C=O) groups excluding carboxylic acids is 1. The van der Waals surface area contributed by atoms with Crippen LogP contribution < -0.4 is 17.0 Å². The van der Waals surface area contributed by atoms with E-state index in [0.29, 0.717) is 18.5 Å². The molecular formula is C17H25Cl2N5O3. The van der Waals surface area contributed by atoms with Crippen molar-refractivity contribution in [2.45, 2.75) is 25.8 Å². The van der Waals surface area contributed by atoms with Gasteiger partial charge in [0, 0.05) is 33.2 Å². The molecule has 27 heavy (non-hydrogen) atoms. The number of piperidine rings is 1. The van der Waals surface area contributed by atoms with E-state index in [4.69, 9.17) is 5.73 Å². The number of hydrogen-bond acceptors (Lipinski definition) is 5. The summed E-state index contributed by atoms with van der Waals surface area (Å²) in [5.74, 6) is 0.0789. The minimum absolute atomic E-state index is 0. The fourth-order valence-corrected chi connectivity index (χ4v) is 3.36. The van der Waals surface area contributed by atoms with E-state index in [0.717, 1.165) is 17.4 Å². The fraction of sp³-hybridized carbons (Fsp3) is 0.529. The Hall–Kier alpha value is -1.90. The predicted octanol–water partition coefficient (Wildman–Crippen LogP) is 0.675. The lowest BCUT2D eigenvalue weighted by Gasteiger charge is -2.34. The Morgan fingerprint density at radius 3 is 2.52 bits per heavy atom. The number of fused-ring (bicyclic) bond motifs is 1. The third-order valence-corrected chi connectivity index (χ3v) is 5.01. The molecule has 0 aromatic carbocycles. The Kier molecular flexibility index (Phi) is 7.59. The molecule has 1 fully saturated rings. The van der Waals surface area contributed by atoms with Crippen molar-refractivity contribution in [3.63, 3.8) is 0 Å². The van der Waals surface area contributed by atoms with Crippen molar-refractivity contribution >= 4 is 41.8 Å². The SMILES string of the molecule is CC(N)C1CCCN(C(=O)c2ccc3c(=O)n(C)c(=O)n(C)c3n2)C1.Cl.Cl. The van der Waals surface area contributed by atoms with Gasteiger partial charge in [-0.25, -0.2) is 9.78 Å². The van der Waals surface area contributed by atoms with Crippen LogP contribution in [0.1, 0.15) is 30.3 Å². The van der Waals surface area contributed by atoms with E-state index in [2.05, 4.69) is 4.98 Å². The summed E-state index contributed by atoms with van der Waals surface area (Å²) >= 11 is 0. The topological polar surface area (TPSA) is 103 Å². The van der Waals surface area contributed by atoms with Gasteiger partial charge in [0.1, 0.15) is 11.3 Å². The zero-order valence-corrected chi connectivity index (χ0v) is 17.2. The molecule has 1 saturated heterocycles. The normalized spacial score (nSPS) is 17.8. The maximum absolute atomic E-state index is 12.8. The van der Waals surface area contributed by atoms with Crippen molar-refractivity contribution in [3.8, 4) is 0 Å². The Morgan fingerprint density at radius 1 is 1.22 bits per heavy atom. The number of halogens is 2. The minimum Gasteiger partial charge on any atom is -0.337 e. The first kappa shape index (κ1) is 23.1. The molecule has 0 saturated carbocycles. The van der Waals surface area contributed by atoms with Crippen molar-refractivity contribution < 1.29 is 4.79 Å². The van der Waals surface area contributed by atoms with Gasteiger partial charge in [0.2, 0.25) is 0 Å². The number of nitrogens with two attached hydrogens (primary N) is 1. The average Bonchev–Trinajstić information content (AvgIpc) is 2.63. The maximum Gasteiger partial charge on any atom is 0.332 e. The number of amides is 1. The van der Waals surface area contributed by atoms with E-state index < -0.39 is 11.2 Å². The molecule has 8 nitrogen and oxygen atoms in total. The summed E-state index contributed by atoms with van der Waals surface area (Å²) in [6.07, 6.45) is 1.92. The van der Waals surface area contributed by atoms with E-state index in [1.165, 1.54) is 11.6 Å². The highest BCUT2D eigenvalue weighted by molar-refractivity contribution is 5.94. The van der Waals surface area contributed by atoms with E-state index in [-0.39, 0.29) is 54.0 Å². The molecule has 2 unspecified atom stereocenters. The van der Waals surface area contributed by atoms with Crippen molar-refractivity contribution in [1.29, 1.82) is 0 Å². The number of aromatic nitrogens is 3. The molecule has 2 N–H and O–H groups in total. The standard InChI is InChI=1S/C17H23N5O3.2ClH/c1-10(18)11-5-4-8-22(9-11)16(24)13-7-6-12-14(19-13)20(2)17(25)21(3)15(12)23;;/h6-7,10-11H,4-5,8-9,18H2,1-3H3;2*1H. The molecular weight excluding hydrogens is 393 g/mol. The first-order valence-corrected chi connectivity index (χ1v) is 8.43. The van der Waals surface area contributed by atoms with Gasteiger partial charge in [0.15, 0.2) is 0 Å². The van der Waals surface area contributed by atoms with Gasteiger partial charge < -0.3 is 10.6 Å². The highest BCUT2D eigenvalue weighted by Crippen LogP contribution is 2.20. The maximum atomic E-state index is 12.8. The van der Waals surface area contributed by atoms with Crippen molar-refractivity contribution in [1.82, 2.24) is 19.0 Å². The van der Waals surface area contributed by atoms with Gasteiger partial charge in [-0.05, 0) is 37.8 Å². The monoisotopic (exact) mass is 417 g/mol. The summed E-state index contributed by atoms with van der Waals surface area (Å²) in [7, 11) is 2.96. The molecule has 0 spiro atoms. The predicted molar refractivity (Wildman–Crippen MR) is 109 cm³/mol. The molecule has 3 heterocycles. The van der Waals surface area contributed by atoms with Gasteiger partial charge in [-0.2, -0.15) is 0 Å². The second-order valence-corrected chi connectivity index (χ2v) is 6.79. The van der Waals surface area contributed by atoms with Crippen LogP contribution >= 0.6 is 24.8 Å². The summed E-state index contributed by atoms with van der Waals surface area (Å²) < 4.78 is 2.32.